The summed E-state index contributed by atoms with van der Waals surface area (Å²) in [4.78, 5) is 15.5. The van der Waals surface area contributed by atoms with E-state index in [1.807, 2.05) is 24.3 Å². The van der Waals surface area contributed by atoms with Gasteiger partial charge in [-0.3, -0.25) is 0 Å². The fraction of sp³-hybridized carbons (Fsp3) is 0.250. The number of allylic oxidation sites excluding steroid dienone is 4. The number of hydrogen-bond acceptors (Lipinski definition) is 4. The maximum absolute atomic E-state index is 11.6. The first kappa shape index (κ1) is 17.1. The second-order valence-electron chi connectivity index (χ2n) is 5.91. The maximum Gasteiger partial charge on any atom is 0.337 e. The molecule has 4 heteroatoms. The van der Waals surface area contributed by atoms with Crippen LogP contribution in [0, 0.1) is 0 Å². The Morgan fingerprint density at radius 1 is 1.08 bits per heavy atom. The Bertz CT molecular complexity index is 797. The molecule has 0 fully saturated rings. The lowest BCUT2D eigenvalue weighted by Crippen LogP contribution is -2.01. The van der Waals surface area contributed by atoms with Crippen LogP contribution in [0.4, 0.5) is 0 Å². The number of rotatable bonds is 4. The molecule has 0 aliphatic heterocycles. The van der Waals surface area contributed by atoms with E-state index in [1.54, 1.807) is 23.1 Å². The quantitative estimate of drug-likeness (QED) is 0.484. The van der Waals surface area contributed by atoms with E-state index in [1.165, 1.54) is 33.6 Å². The molecular formula is C20H20O2S2. The summed E-state index contributed by atoms with van der Waals surface area (Å²) in [5.41, 5.74) is 4.97. The SMILES string of the molecule is COC(=O)c1ccc(SC2=C(c3cccs3)CC(C)=C(C)C2)cc1. The number of carbonyl (C=O) groups is 1. The van der Waals surface area contributed by atoms with Crippen molar-refractivity contribution in [1.29, 1.82) is 0 Å². The molecule has 1 aromatic carbocycles. The minimum absolute atomic E-state index is 0.294. The summed E-state index contributed by atoms with van der Waals surface area (Å²) >= 11 is 3.61. The van der Waals surface area contributed by atoms with E-state index in [2.05, 4.69) is 31.4 Å². The molecular weight excluding hydrogens is 336 g/mol. The Kier molecular flexibility index (Phi) is 5.27. The van der Waals surface area contributed by atoms with E-state index < -0.39 is 0 Å². The molecule has 0 N–H and O–H groups in total. The van der Waals surface area contributed by atoms with Crippen LogP contribution < -0.4 is 0 Å². The first-order chi connectivity index (χ1) is 11.6. The van der Waals surface area contributed by atoms with Crippen molar-refractivity contribution in [2.75, 3.05) is 7.11 Å². The van der Waals surface area contributed by atoms with Gasteiger partial charge in [-0.25, -0.2) is 4.79 Å². The molecule has 24 heavy (non-hydrogen) atoms. The average molecular weight is 357 g/mol. The first-order valence-electron chi connectivity index (χ1n) is 7.86. The van der Waals surface area contributed by atoms with Crippen molar-refractivity contribution in [1.82, 2.24) is 0 Å². The van der Waals surface area contributed by atoms with Crippen molar-refractivity contribution >= 4 is 34.6 Å². The third kappa shape index (κ3) is 3.65. The molecule has 0 unspecified atom stereocenters. The van der Waals surface area contributed by atoms with Gasteiger partial charge in [-0.15, -0.1) is 11.3 Å². The lowest BCUT2D eigenvalue weighted by atomic mass is 9.92. The molecule has 1 aromatic heterocycles. The third-order valence-corrected chi connectivity index (χ3v) is 6.34. The lowest BCUT2D eigenvalue weighted by molar-refractivity contribution is 0.0600. The Morgan fingerprint density at radius 2 is 1.79 bits per heavy atom. The highest BCUT2D eigenvalue weighted by molar-refractivity contribution is 8.03. The summed E-state index contributed by atoms with van der Waals surface area (Å²) in [6.45, 7) is 4.46. The molecule has 2 aromatic rings. The highest BCUT2D eigenvalue weighted by Gasteiger charge is 2.19. The average Bonchev–Trinajstić information content (AvgIpc) is 3.12. The number of esters is 1. The van der Waals surface area contributed by atoms with Gasteiger partial charge in [-0.05, 0) is 72.9 Å². The fourth-order valence-electron chi connectivity index (χ4n) is 2.70. The third-order valence-electron chi connectivity index (χ3n) is 4.27. The summed E-state index contributed by atoms with van der Waals surface area (Å²) < 4.78 is 4.76. The van der Waals surface area contributed by atoms with Crippen molar-refractivity contribution in [3.63, 3.8) is 0 Å². The Labute approximate surface area is 151 Å². The predicted octanol–water partition coefficient (Wildman–Crippen LogP) is 6.17. The second-order valence-corrected chi connectivity index (χ2v) is 8.03. The molecule has 2 nitrogen and oxygen atoms in total. The standard InChI is InChI=1S/C20H20O2S2/c1-13-11-17(18-5-4-10-23-18)19(12-14(13)2)24-16-8-6-15(7-9-16)20(21)22-3/h4-10H,11-12H2,1-3H3. The van der Waals surface area contributed by atoms with E-state index in [4.69, 9.17) is 4.74 Å². The molecule has 1 aliphatic rings. The predicted molar refractivity (Wildman–Crippen MR) is 102 cm³/mol. The van der Waals surface area contributed by atoms with E-state index in [9.17, 15) is 4.79 Å². The lowest BCUT2D eigenvalue weighted by Gasteiger charge is -2.22. The molecule has 1 aliphatic carbocycles. The van der Waals surface area contributed by atoms with Crippen molar-refractivity contribution in [3.05, 3.63) is 68.3 Å². The molecule has 0 saturated carbocycles. The minimum Gasteiger partial charge on any atom is -0.465 e. The van der Waals surface area contributed by atoms with Crippen LogP contribution >= 0.6 is 23.1 Å². The van der Waals surface area contributed by atoms with Crippen LogP contribution in [0.5, 0.6) is 0 Å². The zero-order valence-corrected chi connectivity index (χ0v) is 15.7. The van der Waals surface area contributed by atoms with Crippen LogP contribution in [0.15, 0.2) is 62.7 Å². The van der Waals surface area contributed by atoms with E-state index in [0.717, 1.165) is 17.7 Å². The van der Waals surface area contributed by atoms with Gasteiger partial charge in [0.15, 0.2) is 0 Å². The van der Waals surface area contributed by atoms with Crippen LogP contribution in [0.25, 0.3) is 5.57 Å². The zero-order valence-electron chi connectivity index (χ0n) is 14.1. The van der Waals surface area contributed by atoms with Crippen LogP contribution in [-0.2, 0) is 4.74 Å². The largest absolute Gasteiger partial charge is 0.465 e. The van der Waals surface area contributed by atoms with Gasteiger partial charge in [0.05, 0.1) is 12.7 Å². The Balaban J connectivity index is 1.88. The normalized spacial score (nSPS) is 15.0. The monoisotopic (exact) mass is 356 g/mol. The van der Waals surface area contributed by atoms with Crippen molar-refractivity contribution in [2.24, 2.45) is 0 Å². The van der Waals surface area contributed by atoms with Gasteiger partial charge in [0.1, 0.15) is 0 Å². The smallest absolute Gasteiger partial charge is 0.337 e. The van der Waals surface area contributed by atoms with Crippen molar-refractivity contribution in [3.8, 4) is 0 Å². The molecule has 0 saturated heterocycles. The molecule has 1 heterocycles. The molecule has 0 bridgehead atoms. The zero-order chi connectivity index (χ0) is 17.1. The first-order valence-corrected chi connectivity index (χ1v) is 9.55. The van der Waals surface area contributed by atoms with Gasteiger partial charge in [-0.2, -0.15) is 0 Å². The number of benzene rings is 1. The molecule has 0 spiro atoms. The molecule has 0 atom stereocenters. The number of methoxy groups -OCH3 is 1. The van der Waals surface area contributed by atoms with Gasteiger partial charge in [-0.1, -0.05) is 29.0 Å². The number of carbonyl (C=O) groups excluding carboxylic acids is 1. The summed E-state index contributed by atoms with van der Waals surface area (Å²) in [7, 11) is 1.41. The summed E-state index contributed by atoms with van der Waals surface area (Å²) in [5, 5.41) is 2.14. The van der Waals surface area contributed by atoms with Crippen LogP contribution in [0.2, 0.25) is 0 Å². The summed E-state index contributed by atoms with van der Waals surface area (Å²) in [6.07, 6.45) is 2.03. The summed E-state index contributed by atoms with van der Waals surface area (Å²) in [5.74, 6) is -0.294. The van der Waals surface area contributed by atoms with E-state index in [0.29, 0.717) is 5.56 Å². The summed E-state index contributed by atoms with van der Waals surface area (Å²) in [6, 6.07) is 12.0. The number of thioether (sulfide) groups is 1. The van der Waals surface area contributed by atoms with Gasteiger partial charge in [0, 0.05) is 9.77 Å². The fourth-order valence-corrected chi connectivity index (χ4v) is 4.72. The molecule has 0 radical (unpaired) electrons. The maximum atomic E-state index is 11.6. The topological polar surface area (TPSA) is 26.3 Å². The number of thiophene rings is 1. The highest BCUT2D eigenvalue weighted by atomic mass is 32.2. The highest BCUT2D eigenvalue weighted by Crippen LogP contribution is 2.44. The van der Waals surface area contributed by atoms with Gasteiger partial charge >= 0.3 is 5.97 Å². The number of ether oxygens (including phenoxy) is 1. The van der Waals surface area contributed by atoms with Gasteiger partial charge in [0.2, 0.25) is 0 Å². The van der Waals surface area contributed by atoms with Crippen LogP contribution in [0.3, 0.4) is 0 Å². The van der Waals surface area contributed by atoms with E-state index >= 15 is 0 Å². The van der Waals surface area contributed by atoms with E-state index in [-0.39, 0.29) is 5.97 Å². The van der Waals surface area contributed by atoms with Gasteiger partial charge in [0.25, 0.3) is 0 Å². The molecule has 124 valence electrons. The minimum atomic E-state index is -0.294. The molecule has 3 rings (SSSR count). The Hall–Kier alpha value is -1.78. The van der Waals surface area contributed by atoms with Crippen LogP contribution in [0.1, 0.15) is 41.9 Å². The Morgan fingerprint density at radius 3 is 2.42 bits per heavy atom. The second kappa shape index (κ2) is 7.41. The van der Waals surface area contributed by atoms with Crippen molar-refractivity contribution < 1.29 is 9.53 Å². The van der Waals surface area contributed by atoms with Crippen molar-refractivity contribution in [2.45, 2.75) is 31.6 Å². The number of hydrogen-bond donors (Lipinski definition) is 0. The molecule has 0 amide bonds. The van der Waals surface area contributed by atoms with Crippen LogP contribution in [-0.4, -0.2) is 13.1 Å². The van der Waals surface area contributed by atoms with Gasteiger partial charge < -0.3 is 4.74 Å².